The maximum Gasteiger partial charge on any atom is 0.231 e. The Labute approximate surface area is 175 Å². The lowest BCUT2D eigenvalue weighted by Crippen LogP contribution is -2.39. The van der Waals surface area contributed by atoms with Gasteiger partial charge in [0.2, 0.25) is 18.6 Å². The Morgan fingerprint density at radius 3 is 2.67 bits per heavy atom. The van der Waals surface area contributed by atoms with Gasteiger partial charge in [-0.3, -0.25) is 9.59 Å². The van der Waals surface area contributed by atoms with Crippen molar-refractivity contribution in [3.63, 3.8) is 0 Å². The van der Waals surface area contributed by atoms with Gasteiger partial charge in [-0.15, -0.1) is 0 Å². The molecule has 0 atom stereocenters. The van der Waals surface area contributed by atoms with Gasteiger partial charge in [0.25, 0.3) is 0 Å². The second-order valence-corrected chi connectivity index (χ2v) is 7.69. The third kappa shape index (κ3) is 5.07. The number of benzene rings is 1. The number of amides is 2. The molecule has 0 radical (unpaired) electrons. The molecule has 2 amide bonds. The minimum absolute atomic E-state index is 0.0200. The highest BCUT2D eigenvalue weighted by molar-refractivity contribution is 5.92. The monoisotopic (exact) mass is 410 g/mol. The number of aromatic nitrogens is 1. The number of nitrogens with one attached hydrogen (secondary N) is 2. The van der Waals surface area contributed by atoms with Crippen molar-refractivity contribution in [3.8, 4) is 11.5 Å². The van der Waals surface area contributed by atoms with E-state index in [1.807, 2.05) is 19.1 Å². The highest BCUT2D eigenvalue weighted by atomic mass is 16.7. The Hall–Kier alpha value is -3.13. The number of pyridine rings is 1. The van der Waals surface area contributed by atoms with Gasteiger partial charge in [-0.05, 0) is 56.6 Å². The molecule has 2 aromatic rings. The Kier molecular flexibility index (Phi) is 6.13. The molecule has 1 fully saturated rings. The van der Waals surface area contributed by atoms with Crippen LogP contribution in [0.15, 0.2) is 36.5 Å². The lowest BCUT2D eigenvalue weighted by molar-refractivity contribution is -0.121. The molecule has 0 spiro atoms. The first-order valence-electron chi connectivity index (χ1n) is 10.2. The SMILES string of the molecule is Cc1ccc(NC(=O)C2CCN(CCC(=O)Nc3ccc4c(c3)OCO4)CC2)nc1. The van der Waals surface area contributed by atoms with Crippen molar-refractivity contribution in [2.45, 2.75) is 26.2 Å². The van der Waals surface area contributed by atoms with Gasteiger partial charge in [-0.2, -0.15) is 0 Å². The molecule has 0 saturated carbocycles. The third-order valence-electron chi connectivity index (χ3n) is 5.43. The van der Waals surface area contributed by atoms with Crippen LogP contribution >= 0.6 is 0 Å². The van der Waals surface area contributed by atoms with Crippen molar-refractivity contribution in [2.24, 2.45) is 5.92 Å². The number of hydrogen-bond acceptors (Lipinski definition) is 6. The number of carbonyl (C=O) groups is 2. The zero-order valence-electron chi connectivity index (χ0n) is 17.0. The number of hydrogen-bond donors (Lipinski definition) is 2. The Balaban J connectivity index is 1.18. The molecule has 0 unspecified atom stereocenters. The molecular weight excluding hydrogens is 384 g/mol. The molecule has 0 aliphatic carbocycles. The van der Waals surface area contributed by atoms with Crippen molar-refractivity contribution < 1.29 is 19.1 Å². The molecule has 30 heavy (non-hydrogen) atoms. The van der Waals surface area contributed by atoms with Crippen LogP contribution in [0.5, 0.6) is 11.5 Å². The van der Waals surface area contributed by atoms with Crippen LogP contribution in [0.1, 0.15) is 24.8 Å². The van der Waals surface area contributed by atoms with E-state index in [1.54, 1.807) is 24.4 Å². The fourth-order valence-electron chi connectivity index (χ4n) is 3.65. The summed E-state index contributed by atoms with van der Waals surface area (Å²) in [5.74, 6) is 1.89. The lowest BCUT2D eigenvalue weighted by Gasteiger charge is -2.31. The summed E-state index contributed by atoms with van der Waals surface area (Å²) in [6.45, 7) is 4.45. The number of aryl methyl sites for hydroxylation is 1. The maximum atomic E-state index is 12.5. The molecule has 2 N–H and O–H groups in total. The van der Waals surface area contributed by atoms with Crippen LogP contribution in [-0.2, 0) is 9.59 Å². The Bertz CT molecular complexity index is 908. The van der Waals surface area contributed by atoms with Gasteiger partial charge < -0.3 is 25.0 Å². The van der Waals surface area contributed by atoms with E-state index in [0.29, 0.717) is 36.0 Å². The van der Waals surface area contributed by atoms with Crippen LogP contribution in [0.3, 0.4) is 0 Å². The Morgan fingerprint density at radius 2 is 1.90 bits per heavy atom. The van der Waals surface area contributed by atoms with Crippen LogP contribution < -0.4 is 20.1 Å². The smallest absolute Gasteiger partial charge is 0.231 e. The number of fused-ring (bicyclic) bond motifs is 1. The van der Waals surface area contributed by atoms with Gasteiger partial charge >= 0.3 is 0 Å². The van der Waals surface area contributed by atoms with Gasteiger partial charge in [0.1, 0.15) is 5.82 Å². The summed E-state index contributed by atoms with van der Waals surface area (Å²) in [6, 6.07) is 9.12. The molecular formula is C22H26N4O4. The summed E-state index contributed by atoms with van der Waals surface area (Å²) in [6.07, 6.45) is 3.70. The molecule has 3 heterocycles. The standard InChI is InChI=1S/C22H26N4O4/c1-15-2-5-20(23-13-15)25-22(28)16-6-9-26(10-7-16)11-8-21(27)24-17-3-4-18-19(12-17)30-14-29-18/h2-5,12-13,16H,6-11,14H2,1H3,(H,24,27)(H,23,25,28). The lowest BCUT2D eigenvalue weighted by atomic mass is 9.96. The van der Waals surface area contributed by atoms with E-state index >= 15 is 0 Å². The molecule has 158 valence electrons. The van der Waals surface area contributed by atoms with Crippen molar-refractivity contribution in [1.82, 2.24) is 9.88 Å². The summed E-state index contributed by atoms with van der Waals surface area (Å²) in [7, 11) is 0. The highest BCUT2D eigenvalue weighted by Crippen LogP contribution is 2.34. The van der Waals surface area contributed by atoms with Gasteiger partial charge in [-0.25, -0.2) is 4.98 Å². The Morgan fingerprint density at radius 1 is 1.10 bits per heavy atom. The number of anilines is 2. The zero-order chi connectivity index (χ0) is 20.9. The van der Waals surface area contributed by atoms with Crippen molar-refractivity contribution in [1.29, 1.82) is 0 Å². The summed E-state index contributed by atoms with van der Waals surface area (Å²) in [4.78, 5) is 31.2. The minimum Gasteiger partial charge on any atom is -0.454 e. The topological polar surface area (TPSA) is 92.8 Å². The molecule has 0 bridgehead atoms. The van der Waals surface area contributed by atoms with E-state index in [1.165, 1.54) is 0 Å². The molecule has 4 rings (SSSR count). The van der Waals surface area contributed by atoms with E-state index in [0.717, 1.165) is 31.5 Å². The highest BCUT2D eigenvalue weighted by Gasteiger charge is 2.25. The number of carbonyl (C=O) groups excluding carboxylic acids is 2. The van der Waals surface area contributed by atoms with E-state index < -0.39 is 0 Å². The van der Waals surface area contributed by atoms with E-state index in [9.17, 15) is 9.59 Å². The molecule has 8 nitrogen and oxygen atoms in total. The predicted octanol–water partition coefficient (Wildman–Crippen LogP) is 2.80. The van der Waals surface area contributed by atoms with Crippen molar-refractivity contribution in [2.75, 3.05) is 37.1 Å². The average molecular weight is 410 g/mol. The molecule has 8 heteroatoms. The van der Waals surface area contributed by atoms with Crippen LogP contribution in [0.4, 0.5) is 11.5 Å². The number of ether oxygens (including phenoxy) is 2. The average Bonchev–Trinajstić information content (AvgIpc) is 3.22. The summed E-state index contributed by atoms with van der Waals surface area (Å²) in [5.41, 5.74) is 1.76. The summed E-state index contributed by atoms with van der Waals surface area (Å²) >= 11 is 0. The molecule has 1 aromatic heterocycles. The molecule has 1 aromatic carbocycles. The van der Waals surface area contributed by atoms with E-state index in [-0.39, 0.29) is 24.5 Å². The number of likely N-dealkylation sites (tertiary alicyclic amines) is 1. The zero-order valence-corrected chi connectivity index (χ0v) is 17.0. The van der Waals surface area contributed by atoms with Crippen LogP contribution in [-0.4, -0.2) is 48.1 Å². The van der Waals surface area contributed by atoms with Crippen molar-refractivity contribution >= 4 is 23.3 Å². The van der Waals surface area contributed by atoms with Gasteiger partial charge in [0.15, 0.2) is 11.5 Å². The predicted molar refractivity (Wildman–Crippen MR) is 113 cm³/mol. The number of piperidine rings is 1. The minimum atomic E-state index is -0.0424. The van der Waals surface area contributed by atoms with Gasteiger partial charge in [0.05, 0.1) is 0 Å². The fraction of sp³-hybridized carbons (Fsp3) is 0.409. The fourth-order valence-corrected chi connectivity index (χ4v) is 3.65. The first kappa shape index (κ1) is 20.2. The normalized spacial score (nSPS) is 16.3. The summed E-state index contributed by atoms with van der Waals surface area (Å²) < 4.78 is 10.6. The first-order valence-corrected chi connectivity index (χ1v) is 10.2. The molecule has 2 aliphatic heterocycles. The summed E-state index contributed by atoms with van der Waals surface area (Å²) in [5, 5.41) is 5.79. The quantitative estimate of drug-likeness (QED) is 0.761. The third-order valence-corrected chi connectivity index (χ3v) is 5.43. The second kappa shape index (κ2) is 9.13. The second-order valence-electron chi connectivity index (χ2n) is 7.69. The van der Waals surface area contributed by atoms with Crippen LogP contribution in [0.25, 0.3) is 0 Å². The molecule has 2 aliphatic rings. The number of rotatable bonds is 6. The largest absolute Gasteiger partial charge is 0.454 e. The van der Waals surface area contributed by atoms with E-state index in [4.69, 9.17) is 9.47 Å². The van der Waals surface area contributed by atoms with Crippen LogP contribution in [0, 0.1) is 12.8 Å². The van der Waals surface area contributed by atoms with Crippen molar-refractivity contribution in [3.05, 3.63) is 42.1 Å². The van der Waals surface area contributed by atoms with E-state index in [2.05, 4.69) is 20.5 Å². The first-order chi connectivity index (χ1) is 14.6. The van der Waals surface area contributed by atoms with Crippen LogP contribution in [0.2, 0.25) is 0 Å². The maximum absolute atomic E-state index is 12.5. The number of nitrogens with zero attached hydrogens (tertiary/aromatic N) is 2. The molecule has 1 saturated heterocycles. The van der Waals surface area contributed by atoms with Gasteiger partial charge in [0, 0.05) is 36.8 Å². The van der Waals surface area contributed by atoms with Gasteiger partial charge in [-0.1, -0.05) is 6.07 Å².